The first-order valence-electron chi connectivity index (χ1n) is 6.09. The zero-order valence-electron chi connectivity index (χ0n) is 10.7. The van der Waals surface area contributed by atoms with E-state index in [-0.39, 0.29) is 16.5 Å². The Bertz CT molecular complexity index is 802. The van der Waals surface area contributed by atoms with Crippen LogP contribution in [-0.4, -0.2) is 19.9 Å². The van der Waals surface area contributed by atoms with Crippen LogP contribution in [-0.2, 0) is 0 Å². The molecule has 0 fully saturated rings. The van der Waals surface area contributed by atoms with Crippen LogP contribution in [0.4, 0.5) is 5.69 Å². The van der Waals surface area contributed by atoms with E-state index in [2.05, 4.69) is 10.3 Å². The van der Waals surface area contributed by atoms with Gasteiger partial charge in [-0.15, -0.1) is 5.10 Å². The Morgan fingerprint density at radius 2 is 1.71 bits per heavy atom. The third kappa shape index (κ3) is 2.36. The summed E-state index contributed by atoms with van der Waals surface area (Å²) in [5.74, 6) is 0. The minimum absolute atomic E-state index is 0.0797. The Kier molecular flexibility index (Phi) is 3.37. The summed E-state index contributed by atoms with van der Waals surface area (Å²) >= 11 is 6.29. The fraction of sp³-hybridized carbons (Fsp3) is 0. The Morgan fingerprint density at radius 1 is 1.05 bits per heavy atom. The normalized spacial score (nSPS) is 10.5. The molecule has 104 valence electrons. The highest BCUT2D eigenvalue weighted by molar-refractivity contribution is 6.32. The largest absolute Gasteiger partial charge is 0.294 e. The molecule has 1 aromatic heterocycles. The van der Waals surface area contributed by atoms with Crippen molar-refractivity contribution in [2.24, 2.45) is 0 Å². The Hall–Kier alpha value is -2.73. The summed E-state index contributed by atoms with van der Waals surface area (Å²) in [5.41, 5.74) is 1.48. The van der Waals surface area contributed by atoms with E-state index < -0.39 is 4.92 Å². The molecule has 0 radical (unpaired) electrons. The molecule has 0 aliphatic carbocycles. The summed E-state index contributed by atoms with van der Waals surface area (Å²) < 4.78 is 1.27. The van der Waals surface area contributed by atoms with Gasteiger partial charge < -0.3 is 0 Å². The van der Waals surface area contributed by atoms with Gasteiger partial charge in [0.25, 0.3) is 5.69 Å². The molecule has 0 unspecified atom stereocenters. The van der Waals surface area contributed by atoms with Gasteiger partial charge in [-0.1, -0.05) is 59.3 Å². The molecule has 0 saturated carbocycles. The molecule has 3 rings (SSSR count). The minimum Gasteiger partial charge on any atom is -0.258 e. The molecular weight excluding hydrogens is 292 g/mol. The molecule has 2 aromatic carbocycles. The molecule has 0 amide bonds. The molecule has 7 heteroatoms. The SMILES string of the molecule is O=[N+]([O-])c1ccccc1-n1nnc(-c2ccccc2)c1Cl. The van der Waals surface area contributed by atoms with Crippen LogP contribution in [0.25, 0.3) is 16.9 Å². The standard InChI is InChI=1S/C14H9ClN4O2/c15-14-13(10-6-2-1-3-7-10)16-17-18(14)11-8-4-5-9-12(11)19(20)21/h1-9H. The zero-order valence-corrected chi connectivity index (χ0v) is 11.4. The van der Waals surface area contributed by atoms with Crippen molar-refractivity contribution in [3.63, 3.8) is 0 Å². The lowest BCUT2D eigenvalue weighted by Gasteiger charge is -2.03. The van der Waals surface area contributed by atoms with Gasteiger partial charge in [0.2, 0.25) is 0 Å². The number of hydrogen-bond acceptors (Lipinski definition) is 4. The maximum absolute atomic E-state index is 11.1. The van der Waals surface area contributed by atoms with Crippen LogP contribution >= 0.6 is 11.6 Å². The van der Waals surface area contributed by atoms with Crippen molar-refractivity contribution in [3.8, 4) is 16.9 Å². The summed E-state index contributed by atoms with van der Waals surface area (Å²) in [6.07, 6.45) is 0. The number of rotatable bonds is 3. The third-order valence-corrected chi connectivity index (χ3v) is 3.31. The van der Waals surface area contributed by atoms with Gasteiger partial charge >= 0.3 is 0 Å². The average molecular weight is 301 g/mol. The van der Waals surface area contributed by atoms with Crippen molar-refractivity contribution in [3.05, 3.63) is 69.9 Å². The van der Waals surface area contributed by atoms with Crippen molar-refractivity contribution >= 4 is 17.3 Å². The van der Waals surface area contributed by atoms with Crippen molar-refractivity contribution in [2.75, 3.05) is 0 Å². The van der Waals surface area contributed by atoms with Gasteiger partial charge in [-0.3, -0.25) is 10.1 Å². The number of para-hydroxylation sites is 2. The number of nitro benzene ring substituents is 1. The molecular formula is C14H9ClN4O2. The van der Waals surface area contributed by atoms with Gasteiger partial charge in [0.1, 0.15) is 11.4 Å². The molecule has 0 bridgehead atoms. The minimum atomic E-state index is -0.477. The molecule has 0 atom stereocenters. The molecule has 3 aromatic rings. The van der Waals surface area contributed by atoms with Crippen LogP contribution in [0.5, 0.6) is 0 Å². The molecule has 0 aliphatic heterocycles. The first kappa shape index (κ1) is 13.3. The van der Waals surface area contributed by atoms with E-state index in [1.165, 1.54) is 10.7 Å². The second-order valence-electron chi connectivity index (χ2n) is 4.25. The first-order chi connectivity index (χ1) is 10.2. The van der Waals surface area contributed by atoms with E-state index in [9.17, 15) is 10.1 Å². The van der Waals surface area contributed by atoms with Crippen LogP contribution in [0.1, 0.15) is 0 Å². The van der Waals surface area contributed by atoms with Crippen LogP contribution in [0.3, 0.4) is 0 Å². The van der Waals surface area contributed by atoms with Crippen molar-refractivity contribution in [1.82, 2.24) is 15.0 Å². The number of nitro groups is 1. The fourth-order valence-corrected chi connectivity index (χ4v) is 2.27. The Labute approximate surface area is 124 Å². The summed E-state index contributed by atoms with van der Waals surface area (Å²) in [6.45, 7) is 0. The average Bonchev–Trinajstić information content (AvgIpc) is 2.89. The van der Waals surface area contributed by atoms with Crippen LogP contribution in [0.2, 0.25) is 5.15 Å². The van der Waals surface area contributed by atoms with Crippen LogP contribution in [0.15, 0.2) is 54.6 Å². The van der Waals surface area contributed by atoms with Gasteiger partial charge in [-0.05, 0) is 6.07 Å². The van der Waals surface area contributed by atoms with Crippen molar-refractivity contribution in [2.45, 2.75) is 0 Å². The lowest BCUT2D eigenvalue weighted by Crippen LogP contribution is -2.01. The Balaban J connectivity index is 2.14. The van der Waals surface area contributed by atoms with E-state index in [4.69, 9.17) is 11.6 Å². The maximum Gasteiger partial charge on any atom is 0.294 e. The topological polar surface area (TPSA) is 73.8 Å². The molecule has 1 heterocycles. The summed E-state index contributed by atoms with van der Waals surface area (Å²) in [7, 11) is 0. The van der Waals surface area contributed by atoms with Crippen LogP contribution in [0, 0.1) is 10.1 Å². The van der Waals surface area contributed by atoms with Crippen LogP contribution < -0.4 is 0 Å². The highest BCUT2D eigenvalue weighted by atomic mass is 35.5. The first-order valence-corrected chi connectivity index (χ1v) is 6.46. The smallest absolute Gasteiger partial charge is 0.258 e. The molecule has 21 heavy (non-hydrogen) atoms. The fourth-order valence-electron chi connectivity index (χ4n) is 1.99. The lowest BCUT2D eigenvalue weighted by atomic mass is 10.2. The highest BCUT2D eigenvalue weighted by Crippen LogP contribution is 2.30. The third-order valence-electron chi connectivity index (χ3n) is 2.97. The van der Waals surface area contributed by atoms with Gasteiger partial charge in [0, 0.05) is 11.6 Å². The van der Waals surface area contributed by atoms with Crippen molar-refractivity contribution in [1.29, 1.82) is 0 Å². The lowest BCUT2D eigenvalue weighted by molar-refractivity contribution is -0.384. The molecule has 0 spiro atoms. The van der Waals surface area contributed by atoms with E-state index in [1.54, 1.807) is 18.2 Å². The summed E-state index contributed by atoms with van der Waals surface area (Å²) in [6, 6.07) is 15.5. The van der Waals surface area contributed by atoms with Gasteiger partial charge in [0.15, 0.2) is 5.15 Å². The van der Waals surface area contributed by atoms with Gasteiger partial charge in [-0.2, -0.15) is 4.68 Å². The van der Waals surface area contributed by atoms with Gasteiger partial charge in [0.05, 0.1) is 4.92 Å². The van der Waals surface area contributed by atoms with Crippen molar-refractivity contribution < 1.29 is 4.92 Å². The number of nitrogens with zero attached hydrogens (tertiary/aromatic N) is 4. The monoisotopic (exact) mass is 300 g/mol. The number of benzene rings is 2. The van der Waals surface area contributed by atoms with E-state index in [0.29, 0.717) is 5.69 Å². The van der Waals surface area contributed by atoms with Gasteiger partial charge in [-0.25, -0.2) is 0 Å². The number of hydrogen-bond donors (Lipinski definition) is 0. The molecule has 6 nitrogen and oxygen atoms in total. The number of aromatic nitrogens is 3. The second-order valence-corrected chi connectivity index (χ2v) is 4.61. The second kappa shape index (κ2) is 5.34. The highest BCUT2D eigenvalue weighted by Gasteiger charge is 2.20. The molecule has 0 saturated heterocycles. The Morgan fingerprint density at radius 3 is 2.43 bits per heavy atom. The predicted molar refractivity (Wildman–Crippen MR) is 78.5 cm³/mol. The number of halogens is 1. The maximum atomic E-state index is 11.1. The van der Waals surface area contributed by atoms with E-state index >= 15 is 0 Å². The summed E-state index contributed by atoms with van der Waals surface area (Å²) in [4.78, 5) is 10.6. The van der Waals surface area contributed by atoms with E-state index in [0.717, 1.165) is 5.56 Å². The molecule has 0 N–H and O–H groups in total. The van der Waals surface area contributed by atoms with E-state index in [1.807, 2.05) is 30.3 Å². The predicted octanol–water partition coefficient (Wildman–Crippen LogP) is 3.50. The summed E-state index contributed by atoms with van der Waals surface area (Å²) in [5, 5.41) is 19.3. The quantitative estimate of drug-likeness (QED) is 0.548. The molecule has 0 aliphatic rings. The zero-order chi connectivity index (χ0) is 14.8.